The van der Waals surface area contributed by atoms with Crippen LogP contribution < -0.4 is 14.8 Å². The van der Waals surface area contributed by atoms with Crippen LogP contribution in [0.2, 0.25) is 0 Å². The van der Waals surface area contributed by atoms with E-state index in [1.165, 1.54) is 45.2 Å². The third-order valence-electron chi connectivity index (χ3n) is 3.97. The summed E-state index contributed by atoms with van der Waals surface area (Å²) in [5.41, 5.74) is 1.16. The van der Waals surface area contributed by atoms with Gasteiger partial charge in [-0.15, -0.1) is 0 Å². The van der Waals surface area contributed by atoms with Crippen LogP contribution in [-0.2, 0) is 20.9 Å². The third kappa shape index (κ3) is 6.60. The van der Waals surface area contributed by atoms with Crippen molar-refractivity contribution >= 4 is 17.7 Å². The second kappa shape index (κ2) is 10.2. The van der Waals surface area contributed by atoms with Crippen molar-refractivity contribution < 1.29 is 33.0 Å². The summed E-state index contributed by atoms with van der Waals surface area (Å²) in [4.78, 5) is 35.4. The number of rotatable bonds is 9. The van der Waals surface area contributed by atoms with Crippen LogP contribution >= 0.6 is 0 Å². The molecule has 8 heteroatoms. The maximum Gasteiger partial charge on any atom is 0.344 e. The van der Waals surface area contributed by atoms with Gasteiger partial charge < -0.3 is 19.5 Å². The monoisotopic (exact) mass is 403 g/mol. The number of nitrogens with one attached hydrogen (secondary N) is 1. The lowest BCUT2D eigenvalue weighted by Crippen LogP contribution is -2.36. The van der Waals surface area contributed by atoms with Gasteiger partial charge in [0.25, 0.3) is 5.91 Å². The molecule has 0 aromatic heterocycles. The number of ketones is 1. The summed E-state index contributed by atoms with van der Waals surface area (Å²) >= 11 is 0. The van der Waals surface area contributed by atoms with Crippen molar-refractivity contribution in [2.45, 2.75) is 26.5 Å². The molecule has 0 unspecified atom stereocenters. The summed E-state index contributed by atoms with van der Waals surface area (Å²) in [6.07, 6.45) is -1.03. The largest absolute Gasteiger partial charge is 0.493 e. The Kier molecular flexibility index (Phi) is 7.70. The molecule has 29 heavy (non-hydrogen) atoms. The molecule has 0 saturated heterocycles. The van der Waals surface area contributed by atoms with Crippen LogP contribution in [0.1, 0.15) is 29.8 Å². The van der Waals surface area contributed by atoms with Gasteiger partial charge in [0, 0.05) is 12.1 Å². The highest BCUT2D eigenvalue weighted by molar-refractivity contribution is 5.94. The minimum Gasteiger partial charge on any atom is -0.493 e. The molecular weight excluding hydrogens is 381 g/mol. The first kappa shape index (κ1) is 21.9. The van der Waals surface area contributed by atoms with E-state index in [0.717, 1.165) is 0 Å². The lowest BCUT2D eigenvalue weighted by atomic mass is 10.1. The number of ether oxygens (including phenoxy) is 3. The van der Waals surface area contributed by atoms with E-state index in [2.05, 4.69) is 5.32 Å². The summed E-state index contributed by atoms with van der Waals surface area (Å²) in [5, 5.41) is 2.60. The highest BCUT2D eigenvalue weighted by Crippen LogP contribution is 2.28. The van der Waals surface area contributed by atoms with Crippen molar-refractivity contribution in [2.24, 2.45) is 0 Å². The van der Waals surface area contributed by atoms with E-state index in [0.29, 0.717) is 16.9 Å². The number of carbonyl (C=O) groups excluding carboxylic acids is 3. The van der Waals surface area contributed by atoms with Crippen molar-refractivity contribution in [1.29, 1.82) is 0 Å². The van der Waals surface area contributed by atoms with Crippen molar-refractivity contribution in [2.75, 3.05) is 13.7 Å². The summed E-state index contributed by atoms with van der Waals surface area (Å²) in [6, 6.07) is 10.3. The fourth-order valence-electron chi connectivity index (χ4n) is 2.36. The van der Waals surface area contributed by atoms with E-state index in [-0.39, 0.29) is 23.9 Å². The molecule has 1 atom stereocenters. The van der Waals surface area contributed by atoms with Crippen molar-refractivity contribution in [3.05, 3.63) is 59.4 Å². The van der Waals surface area contributed by atoms with Crippen molar-refractivity contribution in [3.8, 4) is 11.5 Å². The van der Waals surface area contributed by atoms with E-state index in [1.807, 2.05) is 0 Å². The van der Waals surface area contributed by atoms with Gasteiger partial charge in [-0.3, -0.25) is 9.59 Å². The zero-order valence-electron chi connectivity index (χ0n) is 16.4. The van der Waals surface area contributed by atoms with Crippen molar-refractivity contribution in [3.63, 3.8) is 0 Å². The minimum absolute atomic E-state index is 0.130. The molecule has 0 spiro atoms. The number of carbonyl (C=O) groups is 3. The molecule has 0 aliphatic carbocycles. The number of hydrogen-bond acceptors (Lipinski definition) is 6. The Morgan fingerprint density at radius 3 is 2.38 bits per heavy atom. The van der Waals surface area contributed by atoms with Crippen LogP contribution in [0.4, 0.5) is 4.39 Å². The molecule has 0 aliphatic heterocycles. The number of amides is 1. The van der Waals surface area contributed by atoms with E-state index in [1.54, 1.807) is 18.2 Å². The Labute approximate surface area is 167 Å². The molecule has 7 nitrogen and oxygen atoms in total. The topological polar surface area (TPSA) is 90.9 Å². The number of esters is 1. The molecule has 2 aromatic rings. The van der Waals surface area contributed by atoms with Crippen LogP contribution in [-0.4, -0.2) is 37.5 Å². The van der Waals surface area contributed by atoms with Gasteiger partial charge in [-0.25, -0.2) is 9.18 Å². The van der Waals surface area contributed by atoms with Gasteiger partial charge >= 0.3 is 5.97 Å². The zero-order valence-corrected chi connectivity index (χ0v) is 16.4. The predicted molar refractivity (Wildman–Crippen MR) is 102 cm³/mol. The van der Waals surface area contributed by atoms with Crippen LogP contribution in [0.3, 0.4) is 0 Å². The first-order chi connectivity index (χ1) is 13.8. The normalized spacial score (nSPS) is 11.3. The lowest BCUT2D eigenvalue weighted by Gasteiger charge is -2.15. The summed E-state index contributed by atoms with van der Waals surface area (Å²) < 4.78 is 28.4. The molecule has 0 bridgehead atoms. The van der Waals surface area contributed by atoms with Gasteiger partial charge in [0.05, 0.1) is 7.11 Å². The molecule has 1 N–H and O–H groups in total. The Morgan fingerprint density at radius 2 is 1.76 bits per heavy atom. The van der Waals surface area contributed by atoms with Gasteiger partial charge in [0.2, 0.25) is 0 Å². The minimum atomic E-state index is -1.03. The Bertz CT molecular complexity index is 881. The summed E-state index contributed by atoms with van der Waals surface area (Å²) in [6.45, 7) is 2.60. The number of halogens is 1. The Morgan fingerprint density at radius 1 is 1.07 bits per heavy atom. The fraction of sp³-hybridized carbons (Fsp3) is 0.286. The number of Topliss-reactive ketones (excluding diaryl/α,β-unsaturated/α-hetero) is 1. The van der Waals surface area contributed by atoms with E-state index in [4.69, 9.17) is 14.2 Å². The molecular formula is C21H22FNO6. The van der Waals surface area contributed by atoms with Crippen LogP contribution in [0, 0.1) is 5.82 Å². The van der Waals surface area contributed by atoms with E-state index in [9.17, 15) is 18.8 Å². The van der Waals surface area contributed by atoms with Gasteiger partial charge in [-0.2, -0.15) is 0 Å². The molecule has 154 valence electrons. The highest BCUT2D eigenvalue weighted by atomic mass is 19.1. The molecule has 0 fully saturated rings. The quantitative estimate of drug-likeness (QED) is 0.511. The van der Waals surface area contributed by atoms with Gasteiger partial charge in [-0.05, 0) is 49.7 Å². The average Bonchev–Trinajstić information content (AvgIpc) is 2.71. The number of hydrogen-bond donors (Lipinski definition) is 1. The molecule has 1 amide bonds. The highest BCUT2D eigenvalue weighted by Gasteiger charge is 2.18. The number of benzene rings is 2. The van der Waals surface area contributed by atoms with Crippen LogP contribution in [0.5, 0.6) is 11.5 Å². The second-order valence-electron chi connectivity index (χ2n) is 6.19. The lowest BCUT2D eigenvalue weighted by molar-refractivity contribution is -0.156. The predicted octanol–water partition coefficient (Wildman–Crippen LogP) is 2.66. The molecule has 0 radical (unpaired) electrons. The standard InChI is InChI=1S/C21H22FNO6/c1-13(24)16-6-9-18(19(10-16)27-3)28-12-20(25)29-14(2)21(26)23-11-15-4-7-17(22)8-5-15/h4-10,14H,11-12H2,1-3H3,(H,23,26)/t14-/m0/s1. The maximum atomic E-state index is 12.9. The smallest absolute Gasteiger partial charge is 0.344 e. The Hall–Kier alpha value is -3.42. The van der Waals surface area contributed by atoms with Gasteiger partial charge in [-0.1, -0.05) is 12.1 Å². The molecule has 0 heterocycles. The van der Waals surface area contributed by atoms with Gasteiger partial charge in [0.1, 0.15) is 5.82 Å². The molecule has 0 aliphatic rings. The Balaban J connectivity index is 1.82. The second-order valence-corrected chi connectivity index (χ2v) is 6.19. The summed E-state index contributed by atoms with van der Waals surface area (Å²) in [5.74, 6) is -1.17. The maximum absolute atomic E-state index is 12.9. The van der Waals surface area contributed by atoms with E-state index >= 15 is 0 Å². The first-order valence-electron chi connectivity index (χ1n) is 8.83. The van der Waals surface area contributed by atoms with E-state index < -0.39 is 24.6 Å². The SMILES string of the molecule is COc1cc(C(C)=O)ccc1OCC(=O)O[C@@H](C)C(=O)NCc1ccc(F)cc1. The summed E-state index contributed by atoms with van der Waals surface area (Å²) in [7, 11) is 1.41. The molecule has 0 saturated carbocycles. The molecule has 2 aromatic carbocycles. The fourth-order valence-corrected chi connectivity index (χ4v) is 2.36. The van der Waals surface area contributed by atoms with Crippen molar-refractivity contribution in [1.82, 2.24) is 5.32 Å². The van der Waals surface area contributed by atoms with Crippen LogP contribution in [0.25, 0.3) is 0 Å². The average molecular weight is 403 g/mol. The third-order valence-corrected chi connectivity index (χ3v) is 3.97. The van der Waals surface area contributed by atoms with Gasteiger partial charge in [0.15, 0.2) is 30.0 Å². The first-order valence-corrected chi connectivity index (χ1v) is 8.83. The number of methoxy groups -OCH3 is 1. The van der Waals surface area contributed by atoms with Crippen LogP contribution in [0.15, 0.2) is 42.5 Å². The zero-order chi connectivity index (χ0) is 21.4. The molecule has 2 rings (SSSR count).